The summed E-state index contributed by atoms with van der Waals surface area (Å²) in [7, 11) is 2.07. The van der Waals surface area contributed by atoms with Crippen molar-refractivity contribution in [2.75, 3.05) is 25.0 Å². The van der Waals surface area contributed by atoms with Gasteiger partial charge in [-0.3, -0.25) is 4.79 Å². The zero-order chi connectivity index (χ0) is 19.5. The van der Waals surface area contributed by atoms with Gasteiger partial charge in [0.15, 0.2) is 0 Å². The molecule has 0 bridgehead atoms. The normalized spacial score (nSPS) is 13.9. The third kappa shape index (κ3) is 3.78. The highest BCUT2D eigenvalue weighted by Gasteiger charge is 2.18. The molecule has 0 fully saturated rings. The van der Waals surface area contributed by atoms with E-state index in [9.17, 15) is 9.90 Å². The molecule has 4 nitrogen and oxygen atoms in total. The first-order chi connectivity index (χ1) is 13.6. The first-order valence-corrected chi connectivity index (χ1v) is 9.57. The Kier molecular flexibility index (Phi) is 5.13. The molecule has 0 saturated carbocycles. The molecule has 4 rings (SSSR count). The van der Waals surface area contributed by atoms with Crippen LogP contribution in [0.3, 0.4) is 0 Å². The number of nitrogens with zero attached hydrogens (tertiary/aromatic N) is 1. The van der Waals surface area contributed by atoms with Gasteiger partial charge in [-0.25, -0.2) is 0 Å². The molecule has 4 heteroatoms. The third-order valence-corrected chi connectivity index (χ3v) is 5.33. The number of rotatable bonds is 5. The molecular weight excluding hydrogens is 348 g/mol. The van der Waals surface area contributed by atoms with Crippen LogP contribution in [-0.4, -0.2) is 31.2 Å². The van der Waals surface area contributed by atoms with Crippen molar-refractivity contribution in [2.24, 2.45) is 0 Å². The summed E-state index contributed by atoms with van der Waals surface area (Å²) in [6, 6.07) is 23.6. The average molecular weight is 372 g/mol. The summed E-state index contributed by atoms with van der Waals surface area (Å²) in [6.07, 6.45) is 0.274. The van der Waals surface area contributed by atoms with Crippen molar-refractivity contribution in [1.82, 2.24) is 5.32 Å². The lowest BCUT2D eigenvalue weighted by molar-refractivity contribution is 0.0916. The van der Waals surface area contributed by atoms with E-state index in [1.807, 2.05) is 72.8 Å². The standard InChI is InChI=1S/C24H24N2O2/c1-26-14-13-20-15-21(11-12-22(20)26)23(27)16-25-24(28)19-9-7-18(8-10-19)17-5-3-2-4-6-17/h2-12,15,23,27H,13-14,16H2,1H3,(H,25,28). The van der Waals surface area contributed by atoms with Gasteiger partial charge in [0.05, 0.1) is 6.10 Å². The van der Waals surface area contributed by atoms with Crippen molar-refractivity contribution in [2.45, 2.75) is 12.5 Å². The van der Waals surface area contributed by atoms with E-state index in [2.05, 4.69) is 17.3 Å². The fourth-order valence-corrected chi connectivity index (χ4v) is 3.65. The first-order valence-electron chi connectivity index (χ1n) is 9.57. The van der Waals surface area contributed by atoms with Crippen molar-refractivity contribution in [3.8, 4) is 11.1 Å². The fourth-order valence-electron chi connectivity index (χ4n) is 3.65. The number of hydrogen-bond acceptors (Lipinski definition) is 3. The molecule has 1 unspecified atom stereocenters. The minimum absolute atomic E-state index is 0.181. The molecule has 3 aromatic rings. The van der Waals surface area contributed by atoms with Crippen LogP contribution in [0.25, 0.3) is 11.1 Å². The maximum absolute atomic E-state index is 12.4. The van der Waals surface area contributed by atoms with Gasteiger partial charge in [0, 0.05) is 31.4 Å². The zero-order valence-corrected chi connectivity index (χ0v) is 15.9. The van der Waals surface area contributed by atoms with Crippen molar-refractivity contribution in [1.29, 1.82) is 0 Å². The Morgan fingerprint density at radius 1 is 1.04 bits per heavy atom. The smallest absolute Gasteiger partial charge is 0.251 e. The predicted molar refractivity (Wildman–Crippen MR) is 113 cm³/mol. The maximum Gasteiger partial charge on any atom is 0.251 e. The Morgan fingerprint density at radius 2 is 1.75 bits per heavy atom. The van der Waals surface area contributed by atoms with Gasteiger partial charge in [0.2, 0.25) is 0 Å². The molecule has 1 aliphatic heterocycles. The minimum Gasteiger partial charge on any atom is -0.387 e. The lowest BCUT2D eigenvalue weighted by Gasteiger charge is -2.15. The average Bonchev–Trinajstić information content (AvgIpc) is 3.12. The molecule has 0 spiro atoms. The van der Waals surface area contributed by atoms with Gasteiger partial charge < -0.3 is 15.3 Å². The Labute approximate surface area is 165 Å². The topological polar surface area (TPSA) is 52.6 Å². The van der Waals surface area contributed by atoms with Gasteiger partial charge in [-0.2, -0.15) is 0 Å². The molecule has 1 aliphatic rings. The lowest BCUT2D eigenvalue weighted by atomic mass is 10.0. The number of fused-ring (bicyclic) bond motifs is 1. The summed E-state index contributed by atoms with van der Waals surface area (Å²) in [5.41, 5.74) is 6.09. The molecule has 142 valence electrons. The number of anilines is 1. The first kappa shape index (κ1) is 18.3. The maximum atomic E-state index is 12.4. The summed E-state index contributed by atoms with van der Waals surface area (Å²) < 4.78 is 0. The van der Waals surface area contributed by atoms with Crippen LogP contribution < -0.4 is 10.2 Å². The second-order valence-corrected chi connectivity index (χ2v) is 7.23. The molecule has 1 amide bonds. The van der Waals surface area contributed by atoms with Crippen LogP contribution >= 0.6 is 0 Å². The van der Waals surface area contributed by atoms with E-state index in [1.54, 1.807) is 0 Å². The number of likely N-dealkylation sites (N-methyl/N-ethyl adjacent to an activating group) is 1. The summed E-state index contributed by atoms with van der Waals surface area (Å²) in [5, 5.41) is 13.3. The zero-order valence-electron chi connectivity index (χ0n) is 15.9. The number of amides is 1. The van der Waals surface area contributed by atoms with Crippen molar-refractivity contribution >= 4 is 11.6 Å². The van der Waals surface area contributed by atoms with Crippen molar-refractivity contribution in [3.63, 3.8) is 0 Å². The van der Waals surface area contributed by atoms with E-state index in [4.69, 9.17) is 0 Å². The number of hydrogen-bond donors (Lipinski definition) is 2. The van der Waals surface area contributed by atoms with Crippen LogP contribution in [0.5, 0.6) is 0 Å². The van der Waals surface area contributed by atoms with Gasteiger partial charge in [-0.05, 0) is 46.9 Å². The van der Waals surface area contributed by atoms with Gasteiger partial charge >= 0.3 is 0 Å². The summed E-state index contributed by atoms with van der Waals surface area (Å²) in [4.78, 5) is 14.6. The van der Waals surface area contributed by atoms with Crippen molar-refractivity contribution in [3.05, 3.63) is 89.5 Å². The molecule has 2 N–H and O–H groups in total. The highest BCUT2D eigenvalue weighted by atomic mass is 16.3. The van der Waals surface area contributed by atoms with E-state index < -0.39 is 6.10 Å². The minimum atomic E-state index is -0.719. The van der Waals surface area contributed by atoms with Crippen LogP contribution in [0.2, 0.25) is 0 Å². The monoisotopic (exact) mass is 372 g/mol. The molecule has 28 heavy (non-hydrogen) atoms. The molecule has 0 aliphatic carbocycles. The molecule has 1 atom stereocenters. The molecule has 0 saturated heterocycles. The summed E-state index contributed by atoms with van der Waals surface area (Å²) >= 11 is 0. The second-order valence-electron chi connectivity index (χ2n) is 7.23. The molecular formula is C24H24N2O2. The van der Waals surface area contributed by atoms with Gasteiger partial charge in [0.1, 0.15) is 0 Å². The summed E-state index contributed by atoms with van der Waals surface area (Å²) in [6.45, 7) is 1.19. The van der Waals surface area contributed by atoms with E-state index in [0.717, 1.165) is 29.7 Å². The van der Waals surface area contributed by atoms with E-state index in [-0.39, 0.29) is 12.5 Å². The number of carbonyl (C=O) groups excluding carboxylic acids is 1. The quantitative estimate of drug-likeness (QED) is 0.716. The van der Waals surface area contributed by atoms with Gasteiger partial charge in [-0.15, -0.1) is 0 Å². The number of nitrogens with one attached hydrogen (secondary N) is 1. The third-order valence-electron chi connectivity index (χ3n) is 5.33. The molecule has 0 aromatic heterocycles. The number of aliphatic hydroxyl groups is 1. The molecule has 1 heterocycles. The van der Waals surface area contributed by atoms with Crippen molar-refractivity contribution < 1.29 is 9.90 Å². The van der Waals surface area contributed by atoms with Gasteiger partial charge in [0.25, 0.3) is 5.91 Å². The van der Waals surface area contributed by atoms with Crippen LogP contribution in [-0.2, 0) is 6.42 Å². The second kappa shape index (κ2) is 7.87. The van der Waals surface area contributed by atoms with Crippen LogP contribution in [0.15, 0.2) is 72.8 Å². The predicted octanol–water partition coefficient (Wildman–Crippen LogP) is 3.81. The number of benzene rings is 3. The SMILES string of the molecule is CN1CCc2cc(C(O)CNC(=O)c3ccc(-c4ccccc4)cc3)ccc21. The summed E-state index contributed by atoms with van der Waals surface area (Å²) in [5.74, 6) is -0.181. The largest absolute Gasteiger partial charge is 0.387 e. The Bertz CT molecular complexity index is 968. The highest BCUT2D eigenvalue weighted by molar-refractivity contribution is 5.94. The highest BCUT2D eigenvalue weighted by Crippen LogP contribution is 2.29. The lowest BCUT2D eigenvalue weighted by Crippen LogP contribution is -2.28. The van der Waals surface area contributed by atoms with E-state index in [0.29, 0.717) is 5.56 Å². The Hall–Kier alpha value is -3.11. The fraction of sp³-hybridized carbons (Fsp3) is 0.208. The molecule has 3 aromatic carbocycles. The van der Waals surface area contributed by atoms with Crippen LogP contribution in [0.1, 0.15) is 27.6 Å². The van der Waals surface area contributed by atoms with E-state index in [1.165, 1.54) is 11.3 Å². The van der Waals surface area contributed by atoms with E-state index >= 15 is 0 Å². The van der Waals surface area contributed by atoms with Crippen LogP contribution in [0.4, 0.5) is 5.69 Å². The molecule has 0 radical (unpaired) electrons. The van der Waals surface area contributed by atoms with Gasteiger partial charge in [-0.1, -0.05) is 54.6 Å². The Balaban J connectivity index is 1.37. The van der Waals surface area contributed by atoms with Crippen LogP contribution in [0, 0.1) is 0 Å². The Morgan fingerprint density at radius 3 is 2.50 bits per heavy atom. The number of carbonyl (C=O) groups is 1. The number of aliphatic hydroxyl groups excluding tert-OH is 1.